The summed E-state index contributed by atoms with van der Waals surface area (Å²) in [7, 11) is 0. The Hall–Kier alpha value is 0.350. The van der Waals surface area contributed by atoms with Gasteiger partial charge in [0.2, 0.25) is 0 Å². The van der Waals surface area contributed by atoms with Crippen LogP contribution in [-0.4, -0.2) is 47.0 Å². The fourth-order valence-electron chi connectivity index (χ4n) is 2.26. The lowest BCUT2D eigenvalue weighted by atomic mass is 9.95. The van der Waals surface area contributed by atoms with Gasteiger partial charge >= 0.3 is 0 Å². The van der Waals surface area contributed by atoms with Crippen molar-refractivity contribution in [3.05, 3.63) is 0 Å². The predicted octanol–water partition coefficient (Wildman–Crippen LogP) is 3.28. The van der Waals surface area contributed by atoms with Gasteiger partial charge in [0.25, 0.3) is 0 Å². The first kappa shape index (κ1) is 19.4. The molecule has 1 aliphatic rings. The molecule has 1 aliphatic carbocycles. The fourth-order valence-corrected chi connectivity index (χ4v) is 2.74. The Balaban J connectivity index is 0.00000324. The molecule has 0 atom stereocenters. The Morgan fingerprint density at radius 1 is 1.00 bits per heavy atom. The Labute approximate surface area is 133 Å². The van der Waals surface area contributed by atoms with Crippen LogP contribution in [0.3, 0.4) is 0 Å². The number of aliphatic hydroxyl groups is 1. The minimum absolute atomic E-state index is 0. The van der Waals surface area contributed by atoms with Crippen LogP contribution in [0.25, 0.3) is 0 Å². The first-order valence-corrected chi connectivity index (χ1v) is 7.84. The molecule has 0 saturated heterocycles. The van der Waals surface area contributed by atoms with Crippen molar-refractivity contribution in [1.29, 1.82) is 0 Å². The summed E-state index contributed by atoms with van der Waals surface area (Å²) in [5.41, 5.74) is -0.760. The SMILES string of the molecule is Cl.OC1(C#CCN(CCCl)CCCl)CCCCCC1. The molecule has 0 radical (unpaired) electrons. The molecule has 0 aromatic rings. The molecule has 1 fully saturated rings. The quantitative estimate of drug-likeness (QED) is 0.475. The third kappa shape index (κ3) is 8.27. The number of rotatable bonds is 5. The molecule has 0 bridgehead atoms. The van der Waals surface area contributed by atoms with Crippen LogP contribution in [0.1, 0.15) is 38.5 Å². The predicted molar refractivity (Wildman–Crippen MR) is 85.6 cm³/mol. The van der Waals surface area contributed by atoms with E-state index in [-0.39, 0.29) is 12.4 Å². The molecular weight excluding hydrogens is 305 g/mol. The van der Waals surface area contributed by atoms with Gasteiger partial charge in [-0.3, -0.25) is 4.90 Å². The van der Waals surface area contributed by atoms with Gasteiger partial charge in [0.15, 0.2) is 0 Å². The maximum atomic E-state index is 10.4. The van der Waals surface area contributed by atoms with Crippen LogP contribution in [-0.2, 0) is 0 Å². The maximum absolute atomic E-state index is 10.4. The Morgan fingerprint density at radius 2 is 1.53 bits per heavy atom. The monoisotopic (exact) mass is 327 g/mol. The summed E-state index contributed by atoms with van der Waals surface area (Å²) in [4.78, 5) is 2.12. The summed E-state index contributed by atoms with van der Waals surface area (Å²) in [5, 5.41) is 10.4. The largest absolute Gasteiger partial charge is 0.378 e. The summed E-state index contributed by atoms with van der Waals surface area (Å²) in [5.74, 6) is 7.34. The minimum Gasteiger partial charge on any atom is -0.378 e. The van der Waals surface area contributed by atoms with Gasteiger partial charge in [-0.1, -0.05) is 24.7 Å². The Morgan fingerprint density at radius 3 is 2.00 bits per heavy atom. The molecule has 0 aliphatic heterocycles. The Kier molecular flexibility index (Phi) is 11.3. The van der Waals surface area contributed by atoms with Crippen molar-refractivity contribution in [3.63, 3.8) is 0 Å². The smallest absolute Gasteiger partial charge is 0.125 e. The number of halogens is 3. The highest BCUT2D eigenvalue weighted by atomic mass is 35.5. The molecule has 0 heterocycles. The molecule has 2 nitrogen and oxygen atoms in total. The van der Waals surface area contributed by atoms with Crippen molar-refractivity contribution in [2.75, 3.05) is 31.4 Å². The second-order valence-electron chi connectivity index (χ2n) is 4.90. The van der Waals surface area contributed by atoms with Crippen LogP contribution in [0.4, 0.5) is 0 Å². The van der Waals surface area contributed by atoms with Crippen LogP contribution < -0.4 is 0 Å². The molecule has 0 aromatic carbocycles. The normalized spacial score (nSPS) is 18.1. The summed E-state index contributed by atoms with van der Waals surface area (Å²) < 4.78 is 0. The van der Waals surface area contributed by atoms with E-state index in [1.807, 2.05) is 0 Å². The molecule has 0 aromatic heterocycles. The molecule has 19 heavy (non-hydrogen) atoms. The van der Waals surface area contributed by atoms with Crippen molar-refractivity contribution in [3.8, 4) is 11.8 Å². The number of hydrogen-bond donors (Lipinski definition) is 1. The van der Waals surface area contributed by atoms with E-state index in [2.05, 4.69) is 16.7 Å². The molecule has 1 saturated carbocycles. The van der Waals surface area contributed by atoms with Crippen LogP contribution in [0.15, 0.2) is 0 Å². The van der Waals surface area contributed by atoms with E-state index in [4.69, 9.17) is 23.2 Å². The second-order valence-corrected chi connectivity index (χ2v) is 5.66. The van der Waals surface area contributed by atoms with E-state index in [1.54, 1.807) is 0 Å². The van der Waals surface area contributed by atoms with E-state index in [0.29, 0.717) is 18.3 Å². The second kappa shape index (κ2) is 11.1. The summed E-state index contributed by atoms with van der Waals surface area (Å²) in [6.45, 7) is 2.23. The van der Waals surface area contributed by atoms with E-state index < -0.39 is 5.60 Å². The third-order valence-electron chi connectivity index (χ3n) is 3.36. The van der Waals surface area contributed by atoms with Crippen LogP contribution in [0.2, 0.25) is 0 Å². The zero-order valence-corrected chi connectivity index (χ0v) is 13.7. The number of hydrogen-bond acceptors (Lipinski definition) is 2. The summed E-state index contributed by atoms with van der Waals surface area (Å²) in [6.07, 6.45) is 6.22. The average molecular weight is 329 g/mol. The maximum Gasteiger partial charge on any atom is 0.125 e. The zero-order chi connectivity index (χ0) is 13.3. The van der Waals surface area contributed by atoms with Gasteiger partial charge in [0.05, 0.1) is 6.54 Å². The Bertz CT molecular complexity index is 274. The van der Waals surface area contributed by atoms with Gasteiger partial charge in [-0.2, -0.15) is 0 Å². The molecule has 0 spiro atoms. The van der Waals surface area contributed by atoms with E-state index in [1.165, 1.54) is 12.8 Å². The summed E-state index contributed by atoms with van der Waals surface area (Å²) >= 11 is 11.5. The highest BCUT2D eigenvalue weighted by molar-refractivity contribution is 6.18. The van der Waals surface area contributed by atoms with Gasteiger partial charge in [-0.05, 0) is 25.7 Å². The van der Waals surface area contributed by atoms with E-state index in [0.717, 1.165) is 38.8 Å². The minimum atomic E-state index is -0.760. The highest BCUT2D eigenvalue weighted by Gasteiger charge is 2.25. The van der Waals surface area contributed by atoms with E-state index >= 15 is 0 Å². The van der Waals surface area contributed by atoms with Gasteiger partial charge in [0, 0.05) is 24.8 Å². The fraction of sp³-hybridized carbons (Fsp3) is 0.857. The van der Waals surface area contributed by atoms with Crippen LogP contribution in [0.5, 0.6) is 0 Å². The number of nitrogens with zero attached hydrogens (tertiary/aromatic N) is 1. The van der Waals surface area contributed by atoms with Gasteiger partial charge in [-0.25, -0.2) is 0 Å². The third-order valence-corrected chi connectivity index (χ3v) is 3.69. The standard InChI is InChI=1S/C14H23Cl2NO.ClH/c15-9-12-17(13-10-16)11-5-8-14(18)6-3-1-2-4-7-14;/h18H,1-4,6-7,9-13H2;1H. The van der Waals surface area contributed by atoms with Crippen LogP contribution in [0, 0.1) is 11.8 Å². The molecule has 0 amide bonds. The highest BCUT2D eigenvalue weighted by Crippen LogP contribution is 2.26. The van der Waals surface area contributed by atoms with Crippen molar-refractivity contribution in [1.82, 2.24) is 4.90 Å². The molecule has 1 rings (SSSR count). The lowest BCUT2D eigenvalue weighted by Gasteiger charge is -2.20. The van der Waals surface area contributed by atoms with Gasteiger partial charge in [-0.15, -0.1) is 35.6 Å². The van der Waals surface area contributed by atoms with Crippen molar-refractivity contribution < 1.29 is 5.11 Å². The van der Waals surface area contributed by atoms with Crippen LogP contribution >= 0.6 is 35.6 Å². The first-order chi connectivity index (χ1) is 8.70. The summed E-state index contributed by atoms with van der Waals surface area (Å²) in [6, 6.07) is 0. The molecule has 5 heteroatoms. The lowest BCUT2D eigenvalue weighted by Crippen LogP contribution is -2.29. The molecule has 1 N–H and O–H groups in total. The number of alkyl halides is 2. The molecule has 0 unspecified atom stereocenters. The molecule has 112 valence electrons. The van der Waals surface area contributed by atoms with Crippen molar-refractivity contribution >= 4 is 35.6 Å². The first-order valence-electron chi connectivity index (χ1n) is 6.77. The lowest BCUT2D eigenvalue weighted by molar-refractivity contribution is 0.0847. The zero-order valence-electron chi connectivity index (χ0n) is 11.3. The van der Waals surface area contributed by atoms with Crippen molar-refractivity contribution in [2.45, 2.75) is 44.1 Å². The molecular formula is C14H24Cl3NO. The van der Waals surface area contributed by atoms with Gasteiger partial charge in [0.1, 0.15) is 5.60 Å². The average Bonchev–Trinajstić information content (AvgIpc) is 2.55. The van der Waals surface area contributed by atoms with Gasteiger partial charge < -0.3 is 5.11 Å². The topological polar surface area (TPSA) is 23.5 Å². The van der Waals surface area contributed by atoms with Crippen molar-refractivity contribution in [2.24, 2.45) is 0 Å². The van der Waals surface area contributed by atoms with E-state index in [9.17, 15) is 5.11 Å².